The lowest BCUT2D eigenvalue weighted by Gasteiger charge is -2.21. The molecular weight excluding hydrogens is 306 g/mol. The van der Waals surface area contributed by atoms with Crippen LogP contribution in [-0.2, 0) is 17.9 Å². The first-order valence-corrected chi connectivity index (χ1v) is 8.24. The Bertz CT molecular complexity index is 707. The molecule has 2 amide bonds. The van der Waals surface area contributed by atoms with Crippen LogP contribution in [0.5, 0.6) is 0 Å². The summed E-state index contributed by atoms with van der Waals surface area (Å²) in [5, 5.41) is 6.47. The lowest BCUT2D eigenvalue weighted by Crippen LogP contribution is -2.31. The van der Waals surface area contributed by atoms with Crippen LogP contribution in [0.1, 0.15) is 41.6 Å². The highest BCUT2D eigenvalue weighted by atomic mass is 16.5. The number of nitrogens with one attached hydrogen (secondary N) is 1. The van der Waals surface area contributed by atoms with Gasteiger partial charge in [-0.25, -0.2) is 0 Å². The number of nitrogens with zero attached hydrogens (tertiary/aromatic N) is 2. The van der Waals surface area contributed by atoms with Gasteiger partial charge in [0, 0.05) is 25.1 Å². The van der Waals surface area contributed by atoms with Gasteiger partial charge in [0.05, 0.1) is 6.54 Å². The monoisotopic (exact) mass is 327 g/mol. The zero-order valence-electron chi connectivity index (χ0n) is 13.7. The lowest BCUT2D eigenvalue weighted by atomic mass is 10.2. The van der Waals surface area contributed by atoms with Gasteiger partial charge in [0.1, 0.15) is 0 Å². The van der Waals surface area contributed by atoms with Gasteiger partial charge in [-0.15, -0.1) is 0 Å². The second-order valence-corrected chi connectivity index (χ2v) is 5.99. The van der Waals surface area contributed by atoms with E-state index < -0.39 is 0 Å². The molecule has 1 heterocycles. The molecule has 1 N–H and O–H groups in total. The molecule has 0 bridgehead atoms. The van der Waals surface area contributed by atoms with Crippen molar-refractivity contribution in [2.24, 2.45) is 5.92 Å². The van der Waals surface area contributed by atoms with Crippen LogP contribution in [0.3, 0.4) is 0 Å². The average molecular weight is 327 g/mol. The first-order valence-electron chi connectivity index (χ1n) is 8.24. The molecule has 0 radical (unpaired) electrons. The molecule has 1 saturated carbocycles. The number of carbonyl (C=O) groups is 2. The number of hydrogen-bond acceptors (Lipinski definition) is 4. The summed E-state index contributed by atoms with van der Waals surface area (Å²) in [7, 11) is 0. The average Bonchev–Trinajstić information content (AvgIpc) is 3.34. The Hall–Kier alpha value is -2.63. The first-order chi connectivity index (χ1) is 11.7. The van der Waals surface area contributed by atoms with Crippen molar-refractivity contribution in [2.75, 3.05) is 6.54 Å². The summed E-state index contributed by atoms with van der Waals surface area (Å²) in [6, 6.07) is 11.4. The van der Waals surface area contributed by atoms with Crippen LogP contribution in [0.25, 0.3) is 0 Å². The van der Waals surface area contributed by atoms with E-state index in [1.54, 1.807) is 11.0 Å². The molecule has 1 aliphatic rings. The van der Waals surface area contributed by atoms with Gasteiger partial charge in [-0.2, -0.15) is 0 Å². The predicted molar refractivity (Wildman–Crippen MR) is 87.9 cm³/mol. The molecule has 0 unspecified atom stereocenters. The first kappa shape index (κ1) is 16.2. The van der Waals surface area contributed by atoms with Gasteiger partial charge in [-0.05, 0) is 25.3 Å². The Morgan fingerprint density at radius 2 is 2.00 bits per heavy atom. The van der Waals surface area contributed by atoms with E-state index in [4.69, 9.17) is 4.52 Å². The van der Waals surface area contributed by atoms with Gasteiger partial charge < -0.3 is 14.7 Å². The van der Waals surface area contributed by atoms with Gasteiger partial charge >= 0.3 is 0 Å². The summed E-state index contributed by atoms with van der Waals surface area (Å²) < 4.78 is 5.25. The van der Waals surface area contributed by atoms with Crippen molar-refractivity contribution in [3.63, 3.8) is 0 Å². The van der Waals surface area contributed by atoms with Gasteiger partial charge in [0.25, 0.3) is 5.91 Å². The van der Waals surface area contributed by atoms with Crippen molar-refractivity contribution >= 4 is 11.8 Å². The molecule has 0 aliphatic heterocycles. The molecular formula is C18H21N3O3. The highest BCUT2D eigenvalue weighted by Gasteiger charge is 2.34. The van der Waals surface area contributed by atoms with Crippen LogP contribution in [0, 0.1) is 5.92 Å². The second-order valence-electron chi connectivity index (χ2n) is 5.99. The number of carbonyl (C=O) groups excluding carboxylic acids is 2. The topological polar surface area (TPSA) is 75.4 Å². The molecule has 126 valence electrons. The van der Waals surface area contributed by atoms with E-state index in [1.807, 2.05) is 37.3 Å². The van der Waals surface area contributed by atoms with Gasteiger partial charge in [0.2, 0.25) is 5.91 Å². The molecule has 0 spiro atoms. The predicted octanol–water partition coefficient (Wildman–Crippen LogP) is 2.36. The summed E-state index contributed by atoms with van der Waals surface area (Å²) in [5.41, 5.74) is 1.31. The smallest absolute Gasteiger partial charge is 0.273 e. The fourth-order valence-electron chi connectivity index (χ4n) is 2.54. The van der Waals surface area contributed by atoms with Crippen molar-refractivity contribution in [2.45, 2.75) is 32.9 Å². The van der Waals surface area contributed by atoms with Crippen molar-refractivity contribution in [1.29, 1.82) is 0 Å². The third-order valence-corrected chi connectivity index (χ3v) is 3.93. The lowest BCUT2D eigenvalue weighted by molar-refractivity contribution is -0.134. The van der Waals surface area contributed by atoms with E-state index in [0.29, 0.717) is 25.4 Å². The fourth-order valence-corrected chi connectivity index (χ4v) is 2.54. The van der Waals surface area contributed by atoms with Crippen molar-refractivity contribution in [1.82, 2.24) is 15.4 Å². The van der Waals surface area contributed by atoms with Gasteiger partial charge in [0.15, 0.2) is 11.5 Å². The van der Waals surface area contributed by atoms with Crippen LogP contribution in [0.15, 0.2) is 40.9 Å². The van der Waals surface area contributed by atoms with E-state index in [2.05, 4.69) is 10.5 Å². The summed E-state index contributed by atoms with van der Waals surface area (Å²) in [6.45, 7) is 3.21. The number of hydrogen-bond donors (Lipinski definition) is 1. The molecule has 6 heteroatoms. The van der Waals surface area contributed by atoms with E-state index in [-0.39, 0.29) is 23.4 Å². The van der Waals surface area contributed by atoms with Crippen LogP contribution < -0.4 is 5.32 Å². The molecule has 3 rings (SSSR count). The maximum absolute atomic E-state index is 12.5. The number of amides is 2. The molecule has 1 aromatic carbocycles. The highest BCUT2D eigenvalue weighted by Crippen LogP contribution is 2.32. The van der Waals surface area contributed by atoms with E-state index in [9.17, 15) is 9.59 Å². The Morgan fingerprint density at radius 1 is 1.25 bits per heavy atom. The maximum atomic E-state index is 12.5. The standard InChI is InChI=1S/C18H21N3O3/c1-2-19-17(22)16-10-15(24-20-16)12-21(18(23)14-8-9-14)11-13-6-4-3-5-7-13/h3-7,10,14H,2,8-9,11-12H2,1H3,(H,19,22). The van der Waals surface area contributed by atoms with E-state index in [0.717, 1.165) is 18.4 Å². The minimum Gasteiger partial charge on any atom is -0.359 e. The van der Waals surface area contributed by atoms with Crippen molar-refractivity contribution in [3.8, 4) is 0 Å². The quantitative estimate of drug-likeness (QED) is 0.847. The Kier molecular flexibility index (Phi) is 4.93. The molecule has 1 fully saturated rings. The molecule has 1 aromatic heterocycles. The maximum Gasteiger partial charge on any atom is 0.273 e. The summed E-state index contributed by atoms with van der Waals surface area (Å²) in [4.78, 5) is 26.1. The van der Waals surface area contributed by atoms with Crippen molar-refractivity contribution in [3.05, 3.63) is 53.4 Å². The minimum atomic E-state index is -0.268. The molecule has 24 heavy (non-hydrogen) atoms. The Balaban J connectivity index is 1.71. The van der Waals surface area contributed by atoms with Crippen LogP contribution >= 0.6 is 0 Å². The summed E-state index contributed by atoms with van der Waals surface area (Å²) in [5.74, 6) is 0.506. The van der Waals surface area contributed by atoms with Gasteiger partial charge in [-0.1, -0.05) is 35.5 Å². The van der Waals surface area contributed by atoms with Crippen LogP contribution in [0.4, 0.5) is 0 Å². The number of rotatable bonds is 7. The Labute approximate surface area is 140 Å². The molecule has 6 nitrogen and oxygen atoms in total. The number of aromatic nitrogens is 1. The van der Waals surface area contributed by atoms with Crippen molar-refractivity contribution < 1.29 is 14.1 Å². The second kappa shape index (κ2) is 7.29. The fraction of sp³-hybridized carbons (Fsp3) is 0.389. The summed E-state index contributed by atoms with van der Waals surface area (Å²) in [6.07, 6.45) is 1.90. The SMILES string of the molecule is CCNC(=O)c1cc(CN(Cc2ccccc2)C(=O)C2CC2)on1. The highest BCUT2D eigenvalue weighted by molar-refractivity contribution is 5.92. The third-order valence-electron chi connectivity index (χ3n) is 3.93. The largest absolute Gasteiger partial charge is 0.359 e. The van der Waals surface area contributed by atoms with E-state index >= 15 is 0 Å². The normalized spacial score (nSPS) is 13.5. The minimum absolute atomic E-state index is 0.125. The zero-order valence-corrected chi connectivity index (χ0v) is 13.7. The van der Waals surface area contributed by atoms with E-state index in [1.165, 1.54) is 0 Å². The van der Waals surface area contributed by atoms with Crippen LogP contribution in [0.2, 0.25) is 0 Å². The zero-order chi connectivity index (χ0) is 16.9. The molecule has 2 aromatic rings. The molecule has 0 saturated heterocycles. The van der Waals surface area contributed by atoms with Crippen LogP contribution in [-0.4, -0.2) is 28.4 Å². The molecule has 1 aliphatic carbocycles. The summed E-state index contributed by atoms with van der Waals surface area (Å²) >= 11 is 0. The van der Waals surface area contributed by atoms with Gasteiger partial charge in [-0.3, -0.25) is 9.59 Å². The molecule has 0 atom stereocenters. The third kappa shape index (κ3) is 4.01. The Morgan fingerprint density at radius 3 is 2.67 bits per heavy atom. The number of benzene rings is 1.